The Balaban J connectivity index is 1.80. The molecule has 0 amide bonds. The molecule has 1 atom stereocenters. The monoisotopic (exact) mass is 501 g/mol. The third-order valence-corrected chi connectivity index (χ3v) is 5.22. The van der Waals surface area contributed by atoms with Gasteiger partial charge in [-0.2, -0.15) is 0 Å². The van der Waals surface area contributed by atoms with Crippen LogP contribution in [0.1, 0.15) is 31.0 Å². The van der Waals surface area contributed by atoms with E-state index in [1.54, 1.807) is 62.6 Å². The summed E-state index contributed by atoms with van der Waals surface area (Å²) in [7, 11) is 0. The van der Waals surface area contributed by atoms with Gasteiger partial charge in [0.2, 0.25) is 0 Å². The number of hydrogen-bond donors (Lipinski definition) is 2. The van der Waals surface area contributed by atoms with Crippen molar-refractivity contribution in [3.05, 3.63) is 75.7 Å². The fourth-order valence-electron chi connectivity index (χ4n) is 2.98. The van der Waals surface area contributed by atoms with Gasteiger partial charge in [-0.1, -0.05) is 6.07 Å². The highest BCUT2D eigenvalue weighted by atomic mass is 79.9. The highest BCUT2D eigenvalue weighted by Gasteiger charge is 2.31. The molecule has 0 radical (unpaired) electrons. The van der Waals surface area contributed by atoms with Gasteiger partial charge in [-0.05, 0) is 83.5 Å². The predicted molar refractivity (Wildman–Crippen MR) is 124 cm³/mol. The molecule has 9 heteroatoms. The molecule has 7 nitrogen and oxygen atoms in total. The number of carbonyl (C=O) groups excluding carboxylic acids is 2. The lowest BCUT2D eigenvalue weighted by Crippen LogP contribution is -2.45. The van der Waals surface area contributed by atoms with E-state index >= 15 is 0 Å². The summed E-state index contributed by atoms with van der Waals surface area (Å²) in [5.74, 6) is -0.599. The summed E-state index contributed by atoms with van der Waals surface area (Å²) in [6.45, 7) is 3.78. The highest BCUT2D eigenvalue weighted by Crippen LogP contribution is 2.33. The van der Waals surface area contributed by atoms with Crippen LogP contribution in [0.2, 0.25) is 0 Å². The van der Waals surface area contributed by atoms with Crippen molar-refractivity contribution in [2.75, 3.05) is 6.61 Å². The fourth-order valence-corrected chi connectivity index (χ4v) is 3.73. The van der Waals surface area contributed by atoms with Gasteiger partial charge < -0.3 is 20.1 Å². The van der Waals surface area contributed by atoms with Gasteiger partial charge >= 0.3 is 11.9 Å². The molecule has 0 saturated heterocycles. The van der Waals surface area contributed by atoms with Crippen LogP contribution in [0.4, 0.5) is 0 Å². The first-order valence-electron chi connectivity index (χ1n) is 9.43. The highest BCUT2D eigenvalue weighted by molar-refractivity contribution is 9.10. The van der Waals surface area contributed by atoms with Crippen LogP contribution in [0.25, 0.3) is 6.08 Å². The van der Waals surface area contributed by atoms with E-state index < -0.39 is 18.0 Å². The molecule has 1 aliphatic rings. The van der Waals surface area contributed by atoms with Gasteiger partial charge in [0, 0.05) is 24.2 Å². The second-order valence-corrected chi connectivity index (χ2v) is 7.78. The number of halogens is 1. The third kappa shape index (κ3) is 5.77. The van der Waals surface area contributed by atoms with Crippen molar-refractivity contribution in [1.82, 2.24) is 15.6 Å². The Morgan fingerprint density at radius 1 is 1.26 bits per heavy atom. The molecule has 2 N–H and O–H groups in total. The number of benzene rings is 1. The number of allylic oxidation sites excluding steroid dienone is 1. The number of pyridine rings is 1. The van der Waals surface area contributed by atoms with Crippen molar-refractivity contribution in [2.24, 2.45) is 0 Å². The average molecular weight is 502 g/mol. The summed E-state index contributed by atoms with van der Waals surface area (Å²) in [4.78, 5) is 28.6. The molecule has 160 valence electrons. The van der Waals surface area contributed by atoms with E-state index in [0.29, 0.717) is 26.6 Å². The van der Waals surface area contributed by atoms with Gasteiger partial charge in [-0.3, -0.25) is 4.98 Å². The summed E-state index contributed by atoms with van der Waals surface area (Å²) in [6, 6.07) is 8.25. The van der Waals surface area contributed by atoms with E-state index in [4.69, 9.17) is 21.7 Å². The van der Waals surface area contributed by atoms with Crippen LogP contribution in [0.15, 0.2) is 64.5 Å². The fraction of sp³-hybridized carbons (Fsp3) is 0.182. The first-order chi connectivity index (χ1) is 14.9. The standard InChI is InChI=1S/C22H20BrN3O4S/c1-3-29-21(28)19-13(2)25-22(31)26-20(19)15-5-6-17(16(23)12-15)30-18(27)7-4-14-8-10-24-11-9-14/h4-12,20H,3H2,1-2H3,(H2,25,26,31)/b7-4+. The summed E-state index contributed by atoms with van der Waals surface area (Å²) < 4.78 is 11.2. The lowest BCUT2D eigenvalue weighted by atomic mass is 9.95. The zero-order valence-corrected chi connectivity index (χ0v) is 19.2. The van der Waals surface area contributed by atoms with Gasteiger partial charge in [-0.25, -0.2) is 9.59 Å². The number of nitrogens with zero attached hydrogens (tertiary/aromatic N) is 1. The van der Waals surface area contributed by atoms with Gasteiger partial charge in [0.15, 0.2) is 5.11 Å². The molecule has 31 heavy (non-hydrogen) atoms. The Bertz CT molecular complexity index is 1070. The SMILES string of the molecule is CCOC(=O)C1=C(C)NC(=S)NC1c1ccc(OC(=O)/C=C/c2ccncc2)c(Br)c1. The smallest absolute Gasteiger partial charge is 0.338 e. The molecule has 0 saturated carbocycles. The Morgan fingerprint density at radius 2 is 2.00 bits per heavy atom. The zero-order chi connectivity index (χ0) is 22.4. The molecule has 2 heterocycles. The molecule has 0 fully saturated rings. The predicted octanol–water partition coefficient (Wildman–Crippen LogP) is 3.82. The largest absolute Gasteiger partial charge is 0.463 e. The molecule has 0 aliphatic carbocycles. The second kappa shape index (κ2) is 10.3. The van der Waals surface area contributed by atoms with Crippen LogP contribution < -0.4 is 15.4 Å². The van der Waals surface area contributed by atoms with Crippen molar-refractivity contribution in [3.8, 4) is 5.75 Å². The molecule has 0 spiro atoms. The van der Waals surface area contributed by atoms with Crippen LogP contribution in [-0.4, -0.2) is 28.6 Å². The maximum atomic E-state index is 12.5. The Hall–Kier alpha value is -3.04. The Labute approximate surface area is 193 Å². The quantitative estimate of drug-likeness (QED) is 0.267. The lowest BCUT2D eigenvalue weighted by Gasteiger charge is -2.30. The maximum absolute atomic E-state index is 12.5. The second-order valence-electron chi connectivity index (χ2n) is 6.52. The van der Waals surface area contributed by atoms with E-state index in [2.05, 4.69) is 31.5 Å². The Kier molecular flexibility index (Phi) is 7.54. The van der Waals surface area contributed by atoms with Crippen molar-refractivity contribution in [2.45, 2.75) is 19.9 Å². The molecule has 2 aromatic rings. The number of aromatic nitrogens is 1. The average Bonchev–Trinajstić information content (AvgIpc) is 2.74. The summed E-state index contributed by atoms with van der Waals surface area (Å²) in [5, 5.41) is 6.46. The zero-order valence-electron chi connectivity index (χ0n) is 16.8. The maximum Gasteiger partial charge on any atom is 0.338 e. The molecule has 3 rings (SSSR count). The van der Waals surface area contributed by atoms with Crippen LogP contribution >= 0.6 is 28.1 Å². The Morgan fingerprint density at radius 3 is 2.68 bits per heavy atom. The number of hydrogen-bond acceptors (Lipinski definition) is 6. The van der Waals surface area contributed by atoms with Crippen LogP contribution in [-0.2, 0) is 14.3 Å². The summed E-state index contributed by atoms with van der Waals surface area (Å²) >= 11 is 8.69. The van der Waals surface area contributed by atoms with E-state index in [-0.39, 0.29) is 6.61 Å². The minimum Gasteiger partial charge on any atom is -0.463 e. The first kappa shape index (κ1) is 22.6. The molecular formula is C22H20BrN3O4S. The minimum atomic E-state index is -0.519. The molecule has 1 aromatic heterocycles. The van der Waals surface area contributed by atoms with Gasteiger partial charge in [-0.15, -0.1) is 0 Å². The van der Waals surface area contributed by atoms with E-state index in [0.717, 1.165) is 11.1 Å². The summed E-state index contributed by atoms with van der Waals surface area (Å²) in [6.07, 6.45) is 6.27. The van der Waals surface area contributed by atoms with Gasteiger partial charge in [0.05, 0.1) is 22.7 Å². The summed E-state index contributed by atoms with van der Waals surface area (Å²) in [5.41, 5.74) is 2.65. The number of nitrogens with one attached hydrogen (secondary N) is 2. The van der Waals surface area contributed by atoms with Crippen molar-refractivity contribution in [3.63, 3.8) is 0 Å². The van der Waals surface area contributed by atoms with Gasteiger partial charge in [0.25, 0.3) is 0 Å². The molecular weight excluding hydrogens is 482 g/mol. The number of esters is 2. The third-order valence-electron chi connectivity index (χ3n) is 4.38. The van der Waals surface area contributed by atoms with Crippen molar-refractivity contribution >= 4 is 51.3 Å². The lowest BCUT2D eigenvalue weighted by molar-refractivity contribution is -0.139. The van der Waals surface area contributed by atoms with E-state index in [9.17, 15) is 9.59 Å². The molecule has 1 aromatic carbocycles. The van der Waals surface area contributed by atoms with Crippen molar-refractivity contribution in [1.29, 1.82) is 0 Å². The topological polar surface area (TPSA) is 89.5 Å². The number of thiocarbonyl (C=S) groups is 1. The number of ether oxygens (including phenoxy) is 2. The molecule has 1 aliphatic heterocycles. The van der Waals surface area contributed by atoms with Crippen molar-refractivity contribution < 1.29 is 19.1 Å². The number of rotatable bonds is 6. The molecule has 0 bridgehead atoms. The first-order valence-corrected chi connectivity index (χ1v) is 10.6. The van der Waals surface area contributed by atoms with Crippen LogP contribution in [0.5, 0.6) is 5.75 Å². The number of carbonyl (C=O) groups is 2. The van der Waals surface area contributed by atoms with Gasteiger partial charge in [0.1, 0.15) is 5.75 Å². The van der Waals surface area contributed by atoms with Crippen LogP contribution in [0, 0.1) is 0 Å². The van der Waals surface area contributed by atoms with E-state index in [1.807, 2.05) is 0 Å². The molecule has 1 unspecified atom stereocenters. The normalized spacial score (nSPS) is 16.0. The van der Waals surface area contributed by atoms with E-state index in [1.165, 1.54) is 6.08 Å². The minimum absolute atomic E-state index is 0.262. The van der Waals surface area contributed by atoms with Crippen LogP contribution in [0.3, 0.4) is 0 Å².